The maximum Gasteiger partial charge on any atom is 0.272 e. The van der Waals surface area contributed by atoms with Crippen molar-refractivity contribution >= 4 is 34.2 Å². The Bertz CT molecular complexity index is 293. The smallest absolute Gasteiger partial charge is 0.272 e. The molecular formula is C8H6ClF2IO. The van der Waals surface area contributed by atoms with Crippen molar-refractivity contribution in [1.82, 2.24) is 0 Å². The standard InChI is InChI=1S/C8H6ClF2IO/c9-6-3-5(1-2-7(6)12)13-4-8(10)11/h1-3,8H,4H2. The van der Waals surface area contributed by atoms with Gasteiger partial charge < -0.3 is 4.74 Å². The number of hydrogen-bond acceptors (Lipinski definition) is 1. The Morgan fingerprint density at radius 1 is 1.46 bits per heavy atom. The van der Waals surface area contributed by atoms with Crippen molar-refractivity contribution in [2.75, 3.05) is 6.61 Å². The van der Waals surface area contributed by atoms with Gasteiger partial charge in [-0.1, -0.05) is 11.6 Å². The molecule has 1 aromatic carbocycles. The molecule has 5 heteroatoms. The Balaban J connectivity index is 2.63. The molecular weight excluding hydrogens is 312 g/mol. The van der Waals surface area contributed by atoms with E-state index in [-0.39, 0.29) is 0 Å². The number of halogens is 4. The monoisotopic (exact) mass is 318 g/mol. The van der Waals surface area contributed by atoms with E-state index in [9.17, 15) is 8.78 Å². The van der Waals surface area contributed by atoms with E-state index in [0.717, 1.165) is 3.57 Å². The lowest BCUT2D eigenvalue weighted by atomic mass is 10.3. The molecule has 1 aromatic rings. The van der Waals surface area contributed by atoms with Gasteiger partial charge in [-0.05, 0) is 40.8 Å². The minimum atomic E-state index is -2.46. The van der Waals surface area contributed by atoms with Gasteiger partial charge in [0.15, 0.2) is 0 Å². The van der Waals surface area contributed by atoms with Crippen molar-refractivity contribution in [1.29, 1.82) is 0 Å². The van der Waals surface area contributed by atoms with Crippen molar-refractivity contribution in [3.05, 3.63) is 26.8 Å². The summed E-state index contributed by atoms with van der Waals surface area (Å²) in [5, 5.41) is 0.507. The van der Waals surface area contributed by atoms with Crippen LogP contribution in [0.15, 0.2) is 18.2 Å². The zero-order chi connectivity index (χ0) is 9.84. The van der Waals surface area contributed by atoms with Crippen LogP contribution in [0.4, 0.5) is 8.78 Å². The average Bonchev–Trinajstić information content (AvgIpc) is 2.07. The second-order valence-corrected chi connectivity index (χ2v) is 3.85. The van der Waals surface area contributed by atoms with Crippen molar-refractivity contribution in [3.8, 4) is 5.75 Å². The lowest BCUT2D eigenvalue weighted by molar-refractivity contribution is 0.0819. The highest BCUT2D eigenvalue weighted by Crippen LogP contribution is 2.23. The van der Waals surface area contributed by atoms with Gasteiger partial charge in [-0.2, -0.15) is 0 Å². The van der Waals surface area contributed by atoms with E-state index >= 15 is 0 Å². The molecule has 0 spiro atoms. The first-order valence-electron chi connectivity index (χ1n) is 3.45. The van der Waals surface area contributed by atoms with Gasteiger partial charge in [0.25, 0.3) is 6.43 Å². The molecule has 0 radical (unpaired) electrons. The lowest BCUT2D eigenvalue weighted by Gasteiger charge is -2.05. The van der Waals surface area contributed by atoms with Crippen LogP contribution in [-0.2, 0) is 0 Å². The fourth-order valence-electron chi connectivity index (χ4n) is 0.726. The normalized spacial score (nSPS) is 10.5. The molecule has 0 aliphatic rings. The predicted molar refractivity (Wildman–Crippen MR) is 55.7 cm³/mol. The molecule has 0 aromatic heterocycles. The third kappa shape index (κ3) is 3.64. The van der Waals surface area contributed by atoms with Crippen LogP contribution in [-0.4, -0.2) is 13.0 Å². The SMILES string of the molecule is FC(F)COc1ccc(I)c(Cl)c1. The van der Waals surface area contributed by atoms with E-state index < -0.39 is 13.0 Å². The molecule has 0 saturated carbocycles. The van der Waals surface area contributed by atoms with E-state index in [1.54, 1.807) is 12.1 Å². The Labute approximate surface area is 93.2 Å². The average molecular weight is 318 g/mol. The van der Waals surface area contributed by atoms with Crippen molar-refractivity contribution in [3.63, 3.8) is 0 Å². The number of hydrogen-bond donors (Lipinski definition) is 0. The summed E-state index contributed by atoms with van der Waals surface area (Å²) in [7, 11) is 0. The highest BCUT2D eigenvalue weighted by molar-refractivity contribution is 14.1. The molecule has 0 bridgehead atoms. The van der Waals surface area contributed by atoms with E-state index in [2.05, 4.69) is 0 Å². The Kier molecular flexibility index (Phi) is 4.18. The molecule has 13 heavy (non-hydrogen) atoms. The van der Waals surface area contributed by atoms with E-state index in [1.807, 2.05) is 22.6 Å². The van der Waals surface area contributed by atoms with Gasteiger partial charge in [0.05, 0.1) is 5.02 Å². The number of rotatable bonds is 3. The Morgan fingerprint density at radius 3 is 2.69 bits per heavy atom. The zero-order valence-corrected chi connectivity index (χ0v) is 9.35. The zero-order valence-electron chi connectivity index (χ0n) is 6.44. The predicted octanol–water partition coefficient (Wildman–Crippen LogP) is 3.59. The summed E-state index contributed by atoms with van der Waals surface area (Å²) in [6, 6.07) is 4.84. The van der Waals surface area contributed by atoms with Crippen LogP contribution < -0.4 is 4.74 Å². The van der Waals surface area contributed by atoms with Crippen LogP contribution in [0, 0.1) is 3.57 Å². The molecule has 0 N–H and O–H groups in total. The largest absolute Gasteiger partial charge is 0.488 e. The van der Waals surface area contributed by atoms with Crippen LogP contribution in [0.25, 0.3) is 0 Å². The number of alkyl halides is 2. The van der Waals surface area contributed by atoms with E-state index in [0.29, 0.717) is 10.8 Å². The van der Waals surface area contributed by atoms with Gasteiger partial charge in [-0.25, -0.2) is 8.78 Å². The summed E-state index contributed by atoms with van der Waals surface area (Å²) in [5.41, 5.74) is 0. The molecule has 0 fully saturated rings. The molecule has 0 amide bonds. The van der Waals surface area contributed by atoms with Crippen molar-refractivity contribution in [2.45, 2.75) is 6.43 Å². The second kappa shape index (κ2) is 4.95. The number of ether oxygens (including phenoxy) is 1. The molecule has 1 rings (SSSR count). The molecule has 0 aliphatic heterocycles. The molecule has 72 valence electrons. The quantitative estimate of drug-likeness (QED) is 0.774. The lowest BCUT2D eigenvalue weighted by Crippen LogP contribution is -2.06. The second-order valence-electron chi connectivity index (χ2n) is 2.28. The third-order valence-electron chi connectivity index (χ3n) is 1.27. The maximum absolute atomic E-state index is 11.7. The van der Waals surface area contributed by atoms with Gasteiger partial charge in [-0.3, -0.25) is 0 Å². The minimum Gasteiger partial charge on any atom is -0.488 e. The van der Waals surface area contributed by atoms with Crippen LogP contribution in [0.3, 0.4) is 0 Å². The van der Waals surface area contributed by atoms with Gasteiger partial charge in [0, 0.05) is 3.57 Å². The highest BCUT2D eigenvalue weighted by atomic mass is 127. The molecule has 0 heterocycles. The molecule has 0 atom stereocenters. The molecule has 0 aliphatic carbocycles. The van der Waals surface area contributed by atoms with Crippen LogP contribution in [0.1, 0.15) is 0 Å². The molecule has 1 nitrogen and oxygen atoms in total. The minimum absolute atomic E-state index is 0.366. The summed E-state index contributed by atoms with van der Waals surface area (Å²) in [6.07, 6.45) is -2.46. The topological polar surface area (TPSA) is 9.23 Å². The van der Waals surface area contributed by atoms with Gasteiger partial charge >= 0.3 is 0 Å². The first-order chi connectivity index (χ1) is 6.09. The van der Waals surface area contributed by atoms with E-state index in [1.165, 1.54) is 6.07 Å². The number of benzene rings is 1. The molecule has 0 unspecified atom stereocenters. The van der Waals surface area contributed by atoms with E-state index in [4.69, 9.17) is 16.3 Å². The summed E-state index contributed by atoms with van der Waals surface area (Å²) < 4.78 is 29.1. The van der Waals surface area contributed by atoms with Gasteiger partial charge in [0.2, 0.25) is 0 Å². The Morgan fingerprint density at radius 2 is 2.15 bits per heavy atom. The Hall–Kier alpha value is -0.100. The highest BCUT2D eigenvalue weighted by Gasteiger charge is 2.04. The first-order valence-corrected chi connectivity index (χ1v) is 4.91. The summed E-state index contributed by atoms with van der Waals surface area (Å²) >= 11 is 7.80. The van der Waals surface area contributed by atoms with Crippen LogP contribution >= 0.6 is 34.2 Å². The summed E-state index contributed by atoms with van der Waals surface area (Å²) in [6.45, 7) is -0.600. The summed E-state index contributed by atoms with van der Waals surface area (Å²) in [5.74, 6) is 0.366. The third-order valence-corrected chi connectivity index (χ3v) is 2.84. The van der Waals surface area contributed by atoms with Crippen LogP contribution in [0.5, 0.6) is 5.75 Å². The fourth-order valence-corrected chi connectivity index (χ4v) is 1.23. The van der Waals surface area contributed by atoms with Crippen molar-refractivity contribution in [2.24, 2.45) is 0 Å². The van der Waals surface area contributed by atoms with Crippen molar-refractivity contribution < 1.29 is 13.5 Å². The maximum atomic E-state index is 11.7. The summed E-state index contributed by atoms with van der Waals surface area (Å²) in [4.78, 5) is 0. The molecule has 0 saturated heterocycles. The van der Waals surface area contributed by atoms with Crippen LogP contribution in [0.2, 0.25) is 5.02 Å². The fraction of sp³-hybridized carbons (Fsp3) is 0.250. The first kappa shape index (κ1) is 11.0. The van der Waals surface area contributed by atoms with Gasteiger partial charge in [-0.15, -0.1) is 0 Å². The van der Waals surface area contributed by atoms with Gasteiger partial charge in [0.1, 0.15) is 12.4 Å².